The molecule has 0 aromatic heterocycles. The number of rotatable bonds is 5. The Hall–Kier alpha value is -0.146. The minimum absolute atomic E-state index is 0. The Morgan fingerprint density at radius 2 is 1.65 bits per heavy atom. The van der Waals surface area contributed by atoms with E-state index in [4.69, 9.17) is 0 Å². The Morgan fingerprint density at radius 3 is 2.06 bits per heavy atom. The molecule has 0 spiro atoms. The van der Waals surface area contributed by atoms with Gasteiger partial charge in [-0.25, -0.2) is 0 Å². The Kier molecular flexibility index (Phi) is 11.1. The molecular weight excluding hydrogens is 269 g/mol. The van der Waals surface area contributed by atoms with Crippen molar-refractivity contribution < 1.29 is 26.5 Å². The van der Waals surface area contributed by atoms with Gasteiger partial charge in [-0.1, -0.05) is 44.2 Å². The second-order valence-corrected chi connectivity index (χ2v) is 3.63. The zero-order chi connectivity index (χ0) is 11.3. The predicted molar refractivity (Wildman–Crippen MR) is 70.4 cm³/mol. The quantitative estimate of drug-likeness (QED) is 0.613. The van der Waals surface area contributed by atoms with Gasteiger partial charge in [-0.2, -0.15) is 0 Å². The number of carbonyl (C=O) groups excluding carboxylic acids is 1. The summed E-state index contributed by atoms with van der Waals surface area (Å²) in [6.45, 7) is 7.96. The van der Waals surface area contributed by atoms with Crippen LogP contribution in [0.25, 0.3) is 0 Å². The molecule has 0 aliphatic heterocycles. The summed E-state index contributed by atoms with van der Waals surface area (Å²) in [5, 5.41) is 0. The summed E-state index contributed by atoms with van der Waals surface area (Å²) in [6, 6.07) is 9.47. The first kappa shape index (κ1) is 19.2. The van der Waals surface area contributed by atoms with Crippen molar-refractivity contribution in [1.82, 2.24) is 4.90 Å². The maximum atomic E-state index is 12.1. The van der Waals surface area contributed by atoms with Gasteiger partial charge < -0.3 is 0 Å². The van der Waals surface area contributed by atoms with Crippen LogP contribution in [0, 0.1) is 0 Å². The van der Waals surface area contributed by atoms with Crippen LogP contribution in [-0.4, -0.2) is 29.8 Å². The Bertz CT molecular complexity index is 314. The van der Waals surface area contributed by atoms with E-state index in [1.54, 1.807) is 0 Å². The number of halogens is 1. The number of carbonyl (C=O) groups is 1. The molecule has 94 valence electrons. The maximum absolute atomic E-state index is 12.1. The van der Waals surface area contributed by atoms with Crippen molar-refractivity contribution in [1.29, 1.82) is 0 Å². The molecular formula is C13H20ClNOTi. The van der Waals surface area contributed by atoms with Crippen LogP contribution in [0.15, 0.2) is 30.3 Å². The normalized spacial score (nSPS) is 11.3. The van der Waals surface area contributed by atoms with Crippen molar-refractivity contribution in [2.75, 3.05) is 13.1 Å². The molecule has 4 heteroatoms. The van der Waals surface area contributed by atoms with E-state index in [0.29, 0.717) is 0 Å². The van der Waals surface area contributed by atoms with Crippen molar-refractivity contribution in [2.24, 2.45) is 0 Å². The zero-order valence-corrected chi connectivity index (χ0v) is 13.0. The van der Waals surface area contributed by atoms with Crippen LogP contribution < -0.4 is 0 Å². The van der Waals surface area contributed by atoms with Gasteiger partial charge in [0.15, 0.2) is 5.78 Å². The van der Waals surface area contributed by atoms with Crippen molar-refractivity contribution in [3.8, 4) is 0 Å². The fourth-order valence-electron chi connectivity index (χ4n) is 1.78. The molecule has 0 fully saturated rings. The van der Waals surface area contributed by atoms with Gasteiger partial charge in [0, 0.05) is 27.3 Å². The average Bonchev–Trinajstić information content (AvgIpc) is 2.30. The third-order valence-corrected chi connectivity index (χ3v) is 2.80. The number of nitrogens with zero attached hydrogens (tertiary/aromatic N) is 1. The van der Waals surface area contributed by atoms with Crippen LogP contribution in [0.3, 0.4) is 0 Å². The van der Waals surface area contributed by atoms with Crippen LogP contribution in [0.2, 0.25) is 0 Å². The molecule has 0 radical (unpaired) electrons. The minimum atomic E-state index is -0.0256. The Balaban J connectivity index is 0. The van der Waals surface area contributed by atoms with Gasteiger partial charge in [0.1, 0.15) is 0 Å². The Morgan fingerprint density at radius 1 is 1.18 bits per heavy atom. The van der Waals surface area contributed by atoms with E-state index >= 15 is 0 Å². The molecule has 1 rings (SSSR count). The van der Waals surface area contributed by atoms with Crippen molar-refractivity contribution in [3.05, 3.63) is 35.9 Å². The first-order valence-electron chi connectivity index (χ1n) is 5.54. The molecule has 1 aromatic rings. The van der Waals surface area contributed by atoms with E-state index in [2.05, 4.69) is 18.7 Å². The second kappa shape index (κ2) is 9.84. The summed E-state index contributed by atoms with van der Waals surface area (Å²) in [5.41, 5.74) is 0.803. The van der Waals surface area contributed by atoms with E-state index in [-0.39, 0.29) is 45.9 Å². The van der Waals surface area contributed by atoms with Crippen molar-refractivity contribution in [3.63, 3.8) is 0 Å². The van der Waals surface area contributed by atoms with Gasteiger partial charge >= 0.3 is 0 Å². The zero-order valence-electron chi connectivity index (χ0n) is 10.6. The van der Waals surface area contributed by atoms with E-state index in [1.165, 1.54) is 0 Å². The summed E-state index contributed by atoms with van der Waals surface area (Å²) < 4.78 is 0. The number of hydrogen-bond acceptors (Lipinski definition) is 2. The smallest absolute Gasteiger partial charge is 0.179 e. The van der Waals surface area contributed by atoms with Crippen LogP contribution in [-0.2, 0) is 21.7 Å². The van der Waals surface area contributed by atoms with Gasteiger partial charge in [0.25, 0.3) is 0 Å². The van der Waals surface area contributed by atoms with E-state index < -0.39 is 0 Å². The number of likely N-dealkylation sites (N-methyl/N-ethyl adjacent to an activating group) is 1. The fraction of sp³-hybridized carbons (Fsp3) is 0.462. The molecule has 1 unspecified atom stereocenters. The van der Waals surface area contributed by atoms with Gasteiger partial charge in [0.05, 0.1) is 6.04 Å². The third kappa shape index (κ3) is 5.35. The summed E-state index contributed by atoms with van der Waals surface area (Å²) in [5.74, 6) is 0.208. The fourth-order valence-corrected chi connectivity index (χ4v) is 1.78. The van der Waals surface area contributed by atoms with Gasteiger partial charge in [0.2, 0.25) is 0 Å². The summed E-state index contributed by atoms with van der Waals surface area (Å²) in [6.07, 6.45) is 0. The minimum Gasteiger partial charge on any atom is -0.294 e. The molecule has 0 bridgehead atoms. The number of ketones is 1. The monoisotopic (exact) mass is 289 g/mol. The number of Topliss-reactive ketones (excluding diaryl/α,β-unsaturated/α-hetero) is 1. The van der Waals surface area contributed by atoms with Gasteiger partial charge in [-0.3, -0.25) is 9.69 Å². The van der Waals surface area contributed by atoms with E-state index in [1.807, 2.05) is 37.3 Å². The van der Waals surface area contributed by atoms with Gasteiger partial charge in [-0.05, 0) is 20.0 Å². The van der Waals surface area contributed by atoms with Crippen LogP contribution in [0.5, 0.6) is 0 Å². The van der Waals surface area contributed by atoms with E-state index in [0.717, 1.165) is 18.7 Å². The topological polar surface area (TPSA) is 20.3 Å². The molecule has 0 N–H and O–H groups in total. The average molecular weight is 290 g/mol. The molecule has 0 aliphatic rings. The van der Waals surface area contributed by atoms with Gasteiger partial charge in [-0.15, -0.1) is 12.4 Å². The first-order chi connectivity index (χ1) is 7.20. The SMILES string of the molecule is CCN(CC)C(C)C(=O)c1ccccc1.Cl.[Ti]. The maximum Gasteiger partial charge on any atom is 0.179 e. The predicted octanol–water partition coefficient (Wildman–Crippen LogP) is 3.02. The summed E-state index contributed by atoms with van der Waals surface area (Å²) >= 11 is 0. The Labute approximate surface area is 125 Å². The second-order valence-electron chi connectivity index (χ2n) is 3.63. The molecule has 0 saturated carbocycles. The largest absolute Gasteiger partial charge is 0.294 e. The number of benzene rings is 1. The summed E-state index contributed by atoms with van der Waals surface area (Å²) in [7, 11) is 0. The molecule has 2 nitrogen and oxygen atoms in total. The van der Waals surface area contributed by atoms with Crippen LogP contribution in [0.4, 0.5) is 0 Å². The standard InChI is InChI=1S/C13H19NO.ClH.Ti/c1-4-14(5-2)11(3)13(15)12-9-7-6-8-10-12;;/h6-11H,4-5H2,1-3H3;1H;. The van der Waals surface area contributed by atoms with Crippen molar-refractivity contribution in [2.45, 2.75) is 26.8 Å². The molecule has 0 saturated heterocycles. The first-order valence-corrected chi connectivity index (χ1v) is 5.54. The van der Waals surface area contributed by atoms with E-state index in [9.17, 15) is 4.79 Å². The number of hydrogen-bond donors (Lipinski definition) is 0. The molecule has 1 aromatic carbocycles. The molecule has 0 aliphatic carbocycles. The molecule has 1 atom stereocenters. The third-order valence-electron chi connectivity index (χ3n) is 2.80. The van der Waals surface area contributed by atoms with Crippen LogP contribution in [0.1, 0.15) is 31.1 Å². The molecule has 0 amide bonds. The molecule has 17 heavy (non-hydrogen) atoms. The van der Waals surface area contributed by atoms with Crippen LogP contribution >= 0.6 is 12.4 Å². The molecule has 0 heterocycles. The van der Waals surface area contributed by atoms with Crippen molar-refractivity contribution >= 4 is 18.2 Å². The summed E-state index contributed by atoms with van der Waals surface area (Å²) in [4.78, 5) is 14.2.